The topological polar surface area (TPSA) is 72.6 Å². The summed E-state index contributed by atoms with van der Waals surface area (Å²) in [6.45, 7) is 3.60. The molecule has 0 spiro atoms. The largest absolute Gasteiger partial charge is 0.507 e. The van der Waals surface area contributed by atoms with Crippen molar-refractivity contribution in [2.75, 3.05) is 0 Å². The monoisotopic (exact) mass is 247 g/mol. The maximum Gasteiger partial charge on any atom is 0.342 e. The minimum atomic E-state index is -0.596. The molecule has 2 rings (SSSR count). The quantitative estimate of drug-likeness (QED) is 0.843. The highest BCUT2D eigenvalue weighted by Crippen LogP contribution is 2.19. The average molecular weight is 247 g/mol. The number of carbonyl (C=O) groups excluding carboxylic acids is 1. The van der Waals surface area contributed by atoms with Gasteiger partial charge in [-0.3, -0.25) is 0 Å². The second-order valence-corrected chi connectivity index (χ2v) is 4.03. The first-order chi connectivity index (χ1) is 8.56. The van der Waals surface area contributed by atoms with Gasteiger partial charge in [0.2, 0.25) is 0 Å². The average Bonchev–Trinajstić information content (AvgIpc) is 2.72. The Kier molecular flexibility index (Phi) is 3.32. The molecule has 0 amide bonds. The number of ether oxygens (including phenoxy) is 1. The van der Waals surface area contributed by atoms with Gasteiger partial charge in [-0.25, -0.2) is 4.79 Å². The zero-order valence-electron chi connectivity index (χ0n) is 10.1. The molecular weight excluding hydrogens is 234 g/mol. The predicted molar refractivity (Wildman–Crippen MR) is 63.2 cm³/mol. The van der Waals surface area contributed by atoms with Crippen LogP contribution >= 0.6 is 0 Å². The molecule has 1 aromatic heterocycles. The Bertz CT molecular complexity index is 574. The molecule has 5 nitrogen and oxygen atoms in total. The number of aryl methyl sites for hydroxylation is 2. The van der Waals surface area contributed by atoms with E-state index in [4.69, 9.17) is 9.26 Å². The van der Waals surface area contributed by atoms with E-state index < -0.39 is 5.97 Å². The van der Waals surface area contributed by atoms with Crippen LogP contribution in [0.2, 0.25) is 0 Å². The van der Waals surface area contributed by atoms with Crippen molar-refractivity contribution >= 4 is 5.97 Å². The van der Waals surface area contributed by atoms with Crippen molar-refractivity contribution in [3.05, 3.63) is 46.8 Å². The summed E-state index contributed by atoms with van der Waals surface area (Å²) in [7, 11) is 0. The summed E-state index contributed by atoms with van der Waals surface area (Å²) in [5.74, 6) is -0.220. The Morgan fingerprint density at radius 3 is 2.78 bits per heavy atom. The van der Waals surface area contributed by atoms with E-state index in [1.54, 1.807) is 19.1 Å². The Hall–Kier alpha value is -2.30. The van der Waals surface area contributed by atoms with E-state index in [2.05, 4.69) is 5.16 Å². The first kappa shape index (κ1) is 12.2. The number of esters is 1. The maximum atomic E-state index is 11.7. The van der Waals surface area contributed by atoms with E-state index in [1.807, 2.05) is 6.92 Å². The number of phenolic OH excluding ortho intramolecular Hbond substituents is 1. The number of benzene rings is 1. The van der Waals surface area contributed by atoms with Crippen LogP contribution in [0.15, 0.2) is 28.8 Å². The third-order valence-electron chi connectivity index (χ3n) is 2.40. The van der Waals surface area contributed by atoms with Gasteiger partial charge in [0.25, 0.3) is 0 Å². The molecule has 2 aromatic rings. The van der Waals surface area contributed by atoms with Crippen LogP contribution in [0.5, 0.6) is 5.75 Å². The normalized spacial score (nSPS) is 10.3. The van der Waals surface area contributed by atoms with Gasteiger partial charge in [0.05, 0.1) is 5.69 Å². The van der Waals surface area contributed by atoms with Gasteiger partial charge in [0.15, 0.2) is 12.4 Å². The standard InChI is InChI=1S/C13H13NO4/c1-8-3-4-11(12(15)5-8)13(16)17-7-10-6-9(2)14-18-10/h3-6,15H,7H2,1-2H3. The van der Waals surface area contributed by atoms with Gasteiger partial charge in [-0.1, -0.05) is 11.2 Å². The number of carbonyl (C=O) groups is 1. The molecule has 0 saturated carbocycles. The number of hydrogen-bond donors (Lipinski definition) is 1. The van der Waals surface area contributed by atoms with Crippen molar-refractivity contribution in [3.8, 4) is 5.75 Å². The first-order valence-corrected chi connectivity index (χ1v) is 5.45. The number of nitrogens with zero attached hydrogens (tertiary/aromatic N) is 1. The Morgan fingerprint density at radius 2 is 2.17 bits per heavy atom. The summed E-state index contributed by atoms with van der Waals surface area (Å²) >= 11 is 0. The summed E-state index contributed by atoms with van der Waals surface area (Å²) < 4.78 is 9.93. The highest BCUT2D eigenvalue weighted by Gasteiger charge is 2.13. The predicted octanol–water partition coefficient (Wildman–Crippen LogP) is 2.35. The highest BCUT2D eigenvalue weighted by molar-refractivity contribution is 5.92. The number of aromatic hydroxyl groups is 1. The molecule has 0 radical (unpaired) electrons. The van der Waals surface area contributed by atoms with E-state index in [1.165, 1.54) is 12.1 Å². The third-order valence-corrected chi connectivity index (χ3v) is 2.40. The van der Waals surface area contributed by atoms with E-state index >= 15 is 0 Å². The van der Waals surface area contributed by atoms with Crippen LogP contribution in [0, 0.1) is 13.8 Å². The molecule has 0 bridgehead atoms. The lowest BCUT2D eigenvalue weighted by Crippen LogP contribution is -2.05. The lowest BCUT2D eigenvalue weighted by Gasteiger charge is -2.05. The van der Waals surface area contributed by atoms with Gasteiger partial charge in [-0.2, -0.15) is 0 Å². The molecule has 0 unspecified atom stereocenters. The molecule has 0 atom stereocenters. The van der Waals surface area contributed by atoms with Crippen molar-refractivity contribution in [2.45, 2.75) is 20.5 Å². The molecule has 18 heavy (non-hydrogen) atoms. The minimum Gasteiger partial charge on any atom is -0.507 e. The molecule has 0 aliphatic carbocycles. The van der Waals surface area contributed by atoms with Crippen molar-refractivity contribution < 1.29 is 19.2 Å². The molecule has 0 aliphatic heterocycles. The molecule has 5 heteroatoms. The molecule has 94 valence electrons. The van der Waals surface area contributed by atoms with Gasteiger partial charge < -0.3 is 14.4 Å². The first-order valence-electron chi connectivity index (χ1n) is 5.45. The summed E-state index contributed by atoms with van der Waals surface area (Å²) in [5.41, 5.74) is 1.73. The van der Waals surface area contributed by atoms with Gasteiger partial charge in [0.1, 0.15) is 11.3 Å². The van der Waals surface area contributed by atoms with Gasteiger partial charge >= 0.3 is 5.97 Å². The fourth-order valence-electron chi connectivity index (χ4n) is 1.51. The van der Waals surface area contributed by atoms with Crippen LogP contribution in [-0.4, -0.2) is 16.2 Å². The van der Waals surface area contributed by atoms with E-state index in [9.17, 15) is 9.90 Å². The van der Waals surface area contributed by atoms with Crippen molar-refractivity contribution in [1.29, 1.82) is 0 Å². The number of aromatic nitrogens is 1. The second kappa shape index (κ2) is 4.91. The van der Waals surface area contributed by atoms with Crippen LogP contribution in [0.25, 0.3) is 0 Å². The van der Waals surface area contributed by atoms with Crippen LogP contribution in [-0.2, 0) is 11.3 Å². The SMILES string of the molecule is Cc1ccc(C(=O)OCc2cc(C)no2)c(O)c1. The fraction of sp³-hybridized carbons (Fsp3) is 0.231. The molecule has 1 aromatic carbocycles. The van der Waals surface area contributed by atoms with Crippen LogP contribution in [0.1, 0.15) is 27.4 Å². The summed E-state index contributed by atoms with van der Waals surface area (Å²) in [6.07, 6.45) is 0. The maximum absolute atomic E-state index is 11.7. The summed E-state index contributed by atoms with van der Waals surface area (Å²) in [5, 5.41) is 13.3. The number of rotatable bonds is 3. The molecule has 0 aliphatic rings. The number of phenols is 1. The third kappa shape index (κ3) is 2.68. The summed E-state index contributed by atoms with van der Waals surface area (Å²) in [6, 6.07) is 6.45. The molecule has 1 heterocycles. The van der Waals surface area contributed by atoms with Gasteiger partial charge in [0, 0.05) is 6.07 Å². The van der Waals surface area contributed by atoms with Crippen molar-refractivity contribution in [3.63, 3.8) is 0 Å². The van der Waals surface area contributed by atoms with Gasteiger partial charge in [-0.05, 0) is 31.5 Å². The van der Waals surface area contributed by atoms with E-state index in [0.717, 1.165) is 11.3 Å². The lowest BCUT2D eigenvalue weighted by molar-refractivity contribution is 0.0434. The van der Waals surface area contributed by atoms with E-state index in [-0.39, 0.29) is 17.9 Å². The Balaban J connectivity index is 2.03. The second-order valence-electron chi connectivity index (χ2n) is 4.03. The summed E-state index contributed by atoms with van der Waals surface area (Å²) in [4.78, 5) is 11.7. The van der Waals surface area contributed by atoms with Crippen LogP contribution in [0.3, 0.4) is 0 Å². The molecule has 0 fully saturated rings. The Morgan fingerprint density at radius 1 is 1.39 bits per heavy atom. The van der Waals surface area contributed by atoms with Crippen LogP contribution in [0.4, 0.5) is 0 Å². The van der Waals surface area contributed by atoms with Crippen molar-refractivity contribution in [2.24, 2.45) is 0 Å². The van der Waals surface area contributed by atoms with Crippen molar-refractivity contribution in [1.82, 2.24) is 5.16 Å². The highest BCUT2D eigenvalue weighted by atomic mass is 16.5. The molecule has 0 saturated heterocycles. The minimum absolute atomic E-state index is 0.00695. The zero-order valence-corrected chi connectivity index (χ0v) is 10.1. The fourth-order valence-corrected chi connectivity index (χ4v) is 1.51. The lowest BCUT2D eigenvalue weighted by atomic mass is 10.1. The van der Waals surface area contributed by atoms with Gasteiger partial charge in [-0.15, -0.1) is 0 Å². The number of hydrogen-bond acceptors (Lipinski definition) is 5. The zero-order chi connectivity index (χ0) is 13.1. The molecule has 1 N–H and O–H groups in total. The van der Waals surface area contributed by atoms with Crippen LogP contribution < -0.4 is 0 Å². The van der Waals surface area contributed by atoms with E-state index in [0.29, 0.717) is 5.76 Å². The Labute approximate surface area is 104 Å². The molecular formula is C13H13NO4. The smallest absolute Gasteiger partial charge is 0.342 e.